The van der Waals surface area contributed by atoms with Crippen molar-refractivity contribution in [2.45, 2.75) is 19.4 Å². The first-order chi connectivity index (χ1) is 9.10. The number of rotatable bonds is 4. The quantitative estimate of drug-likeness (QED) is 0.658. The second-order valence-corrected chi connectivity index (χ2v) is 4.40. The van der Waals surface area contributed by atoms with Gasteiger partial charge in [0.05, 0.1) is 17.9 Å². The van der Waals surface area contributed by atoms with Crippen molar-refractivity contribution in [1.29, 1.82) is 0 Å². The minimum Gasteiger partial charge on any atom is -0.271 e. The molecule has 0 fully saturated rings. The first-order valence-corrected chi connectivity index (χ1v) is 5.92. The summed E-state index contributed by atoms with van der Waals surface area (Å²) >= 11 is 0. The van der Waals surface area contributed by atoms with Crippen LogP contribution in [0.4, 0.5) is 8.78 Å². The van der Waals surface area contributed by atoms with E-state index in [9.17, 15) is 8.78 Å². The number of pyridine rings is 1. The Bertz CT molecular complexity index is 555. The van der Waals surface area contributed by atoms with Crippen LogP contribution in [0, 0.1) is 18.6 Å². The van der Waals surface area contributed by atoms with Gasteiger partial charge in [-0.15, -0.1) is 0 Å². The molecule has 0 aliphatic carbocycles. The molecule has 19 heavy (non-hydrogen) atoms. The molecule has 0 bridgehead atoms. The summed E-state index contributed by atoms with van der Waals surface area (Å²) in [7, 11) is 0. The molecule has 0 saturated carbocycles. The maximum absolute atomic E-state index is 13.2. The molecule has 1 aromatic heterocycles. The Morgan fingerprint density at radius 1 is 1.21 bits per heavy atom. The predicted molar refractivity (Wildman–Crippen MR) is 69.1 cm³/mol. The zero-order chi connectivity index (χ0) is 13.8. The number of hydrogen-bond donors (Lipinski definition) is 2. The van der Waals surface area contributed by atoms with Crippen LogP contribution in [0.2, 0.25) is 0 Å². The Balaban J connectivity index is 2.23. The van der Waals surface area contributed by atoms with Crippen LogP contribution >= 0.6 is 0 Å². The van der Waals surface area contributed by atoms with Crippen LogP contribution in [-0.4, -0.2) is 4.98 Å². The van der Waals surface area contributed by atoms with Crippen LogP contribution in [0.15, 0.2) is 36.5 Å². The summed E-state index contributed by atoms with van der Waals surface area (Å²) in [5.41, 5.74) is 5.06. The third-order valence-corrected chi connectivity index (χ3v) is 3.04. The average molecular weight is 263 g/mol. The fourth-order valence-corrected chi connectivity index (χ4v) is 1.92. The maximum atomic E-state index is 13.2. The highest BCUT2D eigenvalue weighted by molar-refractivity contribution is 5.28. The molecule has 3 nitrogen and oxygen atoms in total. The average Bonchev–Trinajstić information content (AvgIpc) is 2.41. The lowest BCUT2D eigenvalue weighted by Crippen LogP contribution is -2.30. The minimum atomic E-state index is -0.401. The molecule has 1 unspecified atom stereocenters. The third-order valence-electron chi connectivity index (χ3n) is 3.04. The van der Waals surface area contributed by atoms with Crippen LogP contribution in [-0.2, 0) is 6.42 Å². The molecule has 0 saturated heterocycles. The molecule has 0 aliphatic heterocycles. The molecular formula is C14H15F2N3. The molecule has 0 aliphatic rings. The smallest absolute Gasteiger partial charge is 0.141 e. The highest BCUT2D eigenvalue weighted by Crippen LogP contribution is 2.19. The van der Waals surface area contributed by atoms with E-state index in [4.69, 9.17) is 5.84 Å². The summed E-state index contributed by atoms with van der Waals surface area (Å²) in [6, 6.07) is 7.21. The zero-order valence-corrected chi connectivity index (χ0v) is 10.5. The molecule has 100 valence electrons. The van der Waals surface area contributed by atoms with Crippen molar-refractivity contribution < 1.29 is 8.78 Å². The third kappa shape index (κ3) is 3.33. The van der Waals surface area contributed by atoms with Crippen molar-refractivity contribution in [2.75, 3.05) is 0 Å². The number of hydrazine groups is 1. The van der Waals surface area contributed by atoms with Crippen LogP contribution < -0.4 is 11.3 Å². The van der Waals surface area contributed by atoms with Gasteiger partial charge in [-0.1, -0.05) is 6.07 Å². The first kappa shape index (κ1) is 13.6. The Labute approximate surface area is 110 Å². The molecule has 0 amide bonds. The van der Waals surface area contributed by atoms with E-state index in [0.29, 0.717) is 12.1 Å². The molecule has 1 atom stereocenters. The number of nitrogens with two attached hydrogens (primary N) is 1. The Kier molecular flexibility index (Phi) is 4.19. The Hall–Kier alpha value is -1.85. The lowest BCUT2D eigenvalue weighted by Gasteiger charge is -2.16. The van der Waals surface area contributed by atoms with Gasteiger partial charge in [-0.2, -0.15) is 0 Å². The van der Waals surface area contributed by atoms with Gasteiger partial charge in [0.25, 0.3) is 0 Å². The van der Waals surface area contributed by atoms with E-state index in [1.807, 2.05) is 6.92 Å². The van der Waals surface area contributed by atoms with Gasteiger partial charge in [0.15, 0.2) is 0 Å². The van der Waals surface area contributed by atoms with Gasteiger partial charge in [0.2, 0.25) is 0 Å². The van der Waals surface area contributed by atoms with Crippen LogP contribution in [0.5, 0.6) is 0 Å². The van der Waals surface area contributed by atoms with E-state index in [1.54, 1.807) is 12.1 Å². The van der Waals surface area contributed by atoms with Crippen molar-refractivity contribution in [1.82, 2.24) is 10.4 Å². The molecule has 1 aromatic carbocycles. The summed E-state index contributed by atoms with van der Waals surface area (Å²) in [4.78, 5) is 3.99. The van der Waals surface area contributed by atoms with Crippen LogP contribution in [0.3, 0.4) is 0 Å². The van der Waals surface area contributed by atoms with Gasteiger partial charge in [0.1, 0.15) is 11.6 Å². The second kappa shape index (κ2) is 5.86. The van der Waals surface area contributed by atoms with Crippen molar-refractivity contribution in [2.24, 2.45) is 5.84 Å². The van der Waals surface area contributed by atoms with Crippen LogP contribution in [0.1, 0.15) is 22.9 Å². The van der Waals surface area contributed by atoms with Gasteiger partial charge in [-0.3, -0.25) is 16.3 Å². The molecule has 0 spiro atoms. The fourth-order valence-electron chi connectivity index (χ4n) is 1.92. The lowest BCUT2D eigenvalue weighted by atomic mass is 9.99. The van der Waals surface area contributed by atoms with E-state index >= 15 is 0 Å². The Morgan fingerprint density at radius 3 is 2.58 bits per heavy atom. The normalized spacial score (nSPS) is 12.4. The molecular weight excluding hydrogens is 248 g/mol. The Morgan fingerprint density at radius 2 is 1.95 bits per heavy atom. The van der Waals surface area contributed by atoms with Crippen molar-refractivity contribution in [3.05, 3.63) is 65.0 Å². The number of hydrogen-bond acceptors (Lipinski definition) is 3. The summed E-state index contributed by atoms with van der Waals surface area (Å²) in [5, 5.41) is 0. The highest BCUT2D eigenvalue weighted by atomic mass is 19.1. The highest BCUT2D eigenvalue weighted by Gasteiger charge is 2.14. The van der Waals surface area contributed by atoms with E-state index < -0.39 is 5.82 Å². The molecule has 2 aromatic rings. The topological polar surface area (TPSA) is 50.9 Å². The van der Waals surface area contributed by atoms with Crippen molar-refractivity contribution >= 4 is 0 Å². The SMILES string of the molecule is Cc1ccc(F)cc1CC(NN)c1ccc(F)cn1. The van der Waals surface area contributed by atoms with Crippen LogP contribution in [0.25, 0.3) is 0 Å². The van der Waals surface area contributed by atoms with Crippen molar-refractivity contribution in [3.8, 4) is 0 Å². The van der Waals surface area contributed by atoms with Gasteiger partial charge in [-0.05, 0) is 48.7 Å². The van der Waals surface area contributed by atoms with E-state index in [-0.39, 0.29) is 11.9 Å². The number of aryl methyl sites for hydroxylation is 1. The fraction of sp³-hybridized carbons (Fsp3) is 0.214. The summed E-state index contributed by atoms with van der Waals surface area (Å²) in [6.45, 7) is 1.90. The van der Waals surface area contributed by atoms with Gasteiger partial charge < -0.3 is 0 Å². The largest absolute Gasteiger partial charge is 0.271 e. The monoisotopic (exact) mass is 263 g/mol. The van der Waals surface area contributed by atoms with Gasteiger partial charge in [-0.25, -0.2) is 8.78 Å². The van der Waals surface area contributed by atoms with Crippen molar-refractivity contribution in [3.63, 3.8) is 0 Å². The second-order valence-electron chi connectivity index (χ2n) is 4.40. The van der Waals surface area contributed by atoms with E-state index in [0.717, 1.165) is 17.3 Å². The maximum Gasteiger partial charge on any atom is 0.141 e. The number of nitrogens with one attached hydrogen (secondary N) is 1. The molecule has 2 rings (SSSR count). The lowest BCUT2D eigenvalue weighted by molar-refractivity contribution is 0.529. The molecule has 0 radical (unpaired) electrons. The number of benzene rings is 1. The summed E-state index contributed by atoms with van der Waals surface area (Å²) < 4.78 is 26.1. The molecule has 5 heteroatoms. The molecule has 3 N–H and O–H groups in total. The van der Waals surface area contributed by atoms with E-state index in [2.05, 4.69) is 10.4 Å². The van der Waals surface area contributed by atoms with Gasteiger partial charge >= 0.3 is 0 Å². The number of aromatic nitrogens is 1. The summed E-state index contributed by atoms with van der Waals surface area (Å²) in [5.74, 6) is 4.81. The predicted octanol–water partition coefficient (Wildman–Crippen LogP) is 2.42. The first-order valence-electron chi connectivity index (χ1n) is 5.92. The number of halogens is 2. The summed E-state index contributed by atoms with van der Waals surface area (Å²) in [6.07, 6.45) is 1.62. The zero-order valence-electron chi connectivity index (χ0n) is 10.5. The minimum absolute atomic E-state index is 0.288. The number of nitrogens with zero attached hydrogens (tertiary/aromatic N) is 1. The van der Waals surface area contributed by atoms with E-state index in [1.165, 1.54) is 18.2 Å². The standard InChI is InChI=1S/C14H15F2N3/c1-9-2-3-11(15)6-10(9)7-14(19-17)13-5-4-12(16)8-18-13/h2-6,8,14,19H,7,17H2,1H3. The van der Waals surface area contributed by atoms with Gasteiger partial charge in [0, 0.05) is 0 Å². The molecule has 1 heterocycles.